The highest BCUT2D eigenvalue weighted by Crippen LogP contribution is 2.29. The van der Waals surface area contributed by atoms with Crippen LogP contribution < -0.4 is 4.90 Å². The smallest absolute Gasteiger partial charge is 0.353 e. The van der Waals surface area contributed by atoms with Gasteiger partial charge in [0.2, 0.25) is 5.91 Å². The Morgan fingerprint density at radius 1 is 1.24 bits per heavy atom. The predicted octanol–water partition coefficient (Wildman–Crippen LogP) is 2.76. The molecule has 0 saturated carbocycles. The molecule has 1 fully saturated rings. The van der Waals surface area contributed by atoms with E-state index in [0.29, 0.717) is 32.0 Å². The fourth-order valence-electron chi connectivity index (χ4n) is 2.68. The van der Waals surface area contributed by atoms with Crippen LogP contribution in [0.15, 0.2) is 23.7 Å². The third kappa shape index (κ3) is 4.28. The van der Waals surface area contributed by atoms with E-state index in [1.165, 1.54) is 17.4 Å². The van der Waals surface area contributed by atoms with Gasteiger partial charge in [0, 0.05) is 37.8 Å². The predicted molar refractivity (Wildman–Crippen MR) is 88.6 cm³/mol. The summed E-state index contributed by atoms with van der Waals surface area (Å²) in [5.74, 6) is 0.514. The zero-order valence-corrected chi connectivity index (χ0v) is 14.4. The maximum absolute atomic E-state index is 12.6. The lowest BCUT2D eigenvalue weighted by Crippen LogP contribution is -2.49. The second kappa shape index (κ2) is 6.99. The van der Waals surface area contributed by atoms with Crippen LogP contribution in [0.3, 0.4) is 0 Å². The molecule has 0 atom stereocenters. The number of halogens is 3. The summed E-state index contributed by atoms with van der Waals surface area (Å²) in [6.07, 6.45) is -3.26. The number of rotatable bonds is 3. The van der Waals surface area contributed by atoms with Gasteiger partial charge < -0.3 is 9.80 Å². The van der Waals surface area contributed by atoms with E-state index in [9.17, 15) is 18.0 Å². The Morgan fingerprint density at radius 3 is 2.48 bits per heavy atom. The summed E-state index contributed by atoms with van der Waals surface area (Å²) in [6.45, 7) is 4.02. The minimum Gasteiger partial charge on any atom is -0.353 e. The first-order valence-corrected chi connectivity index (χ1v) is 8.68. The summed E-state index contributed by atoms with van der Waals surface area (Å²) in [6, 6.07) is 2.41. The third-order valence-electron chi connectivity index (χ3n) is 4.03. The highest BCUT2D eigenvalue weighted by Gasteiger charge is 2.31. The van der Waals surface area contributed by atoms with Gasteiger partial charge in [0.05, 0.1) is 22.7 Å². The lowest BCUT2D eigenvalue weighted by Gasteiger charge is -2.35. The minimum absolute atomic E-state index is 0.0188. The van der Waals surface area contributed by atoms with Gasteiger partial charge in [-0.2, -0.15) is 13.2 Å². The molecule has 1 aliphatic heterocycles. The average molecular weight is 370 g/mol. The summed E-state index contributed by atoms with van der Waals surface area (Å²) in [5, 5.41) is 2.82. The number of carbonyl (C=O) groups excluding carboxylic acids is 1. The molecule has 0 aromatic carbocycles. The number of anilines is 1. The zero-order chi connectivity index (χ0) is 18.0. The van der Waals surface area contributed by atoms with Gasteiger partial charge in [0.25, 0.3) is 0 Å². The number of hydrogen-bond donors (Lipinski definition) is 0. The second-order valence-corrected chi connectivity index (χ2v) is 6.87. The number of aryl methyl sites for hydroxylation is 1. The summed E-state index contributed by atoms with van der Waals surface area (Å²) in [5.41, 5.74) is 0.0166. The lowest BCUT2D eigenvalue weighted by molar-refractivity contribution is -0.137. The summed E-state index contributed by atoms with van der Waals surface area (Å²) in [4.78, 5) is 24.1. The van der Waals surface area contributed by atoms with E-state index in [1.54, 1.807) is 4.90 Å². The van der Waals surface area contributed by atoms with Crippen LogP contribution in [0.25, 0.3) is 0 Å². The highest BCUT2D eigenvalue weighted by molar-refractivity contribution is 7.09. The summed E-state index contributed by atoms with van der Waals surface area (Å²) < 4.78 is 37.7. The van der Waals surface area contributed by atoms with Crippen molar-refractivity contribution in [2.75, 3.05) is 31.1 Å². The largest absolute Gasteiger partial charge is 0.417 e. The minimum atomic E-state index is -4.38. The van der Waals surface area contributed by atoms with Crippen molar-refractivity contribution < 1.29 is 18.0 Å². The number of hydrogen-bond acceptors (Lipinski definition) is 5. The second-order valence-electron chi connectivity index (χ2n) is 5.81. The van der Waals surface area contributed by atoms with Gasteiger partial charge >= 0.3 is 6.18 Å². The molecule has 0 N–H and O–H groups in total. The number of nitrogens with zero attached hydrogens (tertiary/aromatic N) is 4. The number of alkyl halides is 3. The molecular formula is C16H17F3N4OS. The highest BCUT2D eigenvalue weighted by atomic mass is 32.1. The van der Waals surface area contributed by atoms with E-state index < -0.39 is 11.7 Å². The number of thiazole rings is 1. The molecule has 2 aromatic heterocycles. The Morgan fingerprint density at radius 2 is 1.96 bits per heavy atom. The molecule has 0 bridgehead atoms. The molecule has 0 unspecified atom stereocenters. The third-order valence-corrected chi connectivity index (χ3v) is 4.85. The fourth-order valence-corrected chi connectivity index (χ4v) is 3.29. The van der Waals surface area contributed by atoms with E-state index in [2.05, 4.69) is 9.97 Å². The Kier molecular flexibility index (Phi) is 4.94. The van der Waals surface area contributed by atoms with Crippen molar-refractivity contribution in [1.29, 1.82) is 0 Å². The monoisotopic (exact) mass is 370 g/mol. The molecular weight excluding hydrogens is 353 g/mol. The Labute approximate surface area is 147 Å². The van der Waals surface area contributed by atoms with E-state index in [4.69, 9.17) is 0 Å². The van der Waals surface area contributed by atoms with Crippen molar-refractivity contribution in [3.05, 3.63) is 40.0 Å². The van der Waals surface area contributed by atoms with E-state index in [-0.39, 0.29) is 12.3 Å². The summed E-state index contributed by atoms with van der Waals surface area (Å²) >= 11 is 1.52. The van der Waals surface area contributed by atoms with Gasteiger partial charge in [0.1, 0.15) is 5.82 Å². The van der Waals surface area contributed by atoms with Gasteiger partial charge in [-0.1, -0.05) is 0 Å². The molecule has 1 saturated heterocycles. The molecule has 9 heteroatoms. The quantitative estimate of drug-likeness (QED) is 0.834. The molecule has 0 aliphatic carbocycles. The normalized spacial score (nSPS) is 15.5. The number of piperazine rings is 1. The topological polar surface area (TPSA) is 49.3 Å². The molecule has 1 amide bonds. The van der Waals surface area contributed by atoms with Gasteiger partial charge in [-0.25, -0.2) is 9.97 Å². The molecule has 0 spiro atoms. The van der Waals surface area contributed by atoms with Crippen LogP contribution in [0.5, 0.6) is 0 Å². The van der Waals surface area contributed by atoms with Crippen LogP contribution in [0, 0.1) is 6.92 Å². The van der Waals surface area contributed by atoms with Crippen molar-refractivity contribution in [2.24, 2.45) is 0 Å². The number of aromatic nitrogens is 2. The number of carbonyl (C=O) groups is 1. The molecule has 2 aromatic rings. The Hall–Kier alpha value is -2.16. The SMILES string of the molecule is Cc1nc(CC(=O)N2CCN(c3ccc(C(F)(F)F)cn3)CC2)cs1. The van der Waals surface area contributed by atoms with Crippen molar-refractivity contribution in [1.82, 2.24) is 14.9 Å². The van der Waals surface area contributed by atoms with E-state index >= 15 is 0 Å². The first-order valence-electron chi connectivity index (χ1n) is 7.80. The fraction of sp³-hybridized carbons (Fsp3) is 0.438. The zero-order valence-electron chi connectivity index (χ0n) is 13.6. The standard InChI is InChI=1S/C16H17F3N4OS/c1-11-21-13(10-25-11)8-15(24)23-6-4-22(5-7-23)14-3-2-12(9-20-14)16(17,18)19/h2-3,9-10H,4-8H2,1H3. The van der Waals surface area contributed by atoms with Gasteiger partial charge in [-0.05, 0) is 19.1 Å². The molecule has 1 aliphatic rings. The van der Waals surface area contributed by atoms with E-state index in [1.807, 2.05) is 17.2 Å². The van der Waals surface area contributed by atoms with Gasteiger partial charge in [-0.3, -0.25) is 4.79 Å². The first-order chi connectivity index (χ1) is 11.8. The molecule has 134 valence electrons. The van der Waals surface area contributed by atoms with Crippen LogP contribution in [0.4, 0.5) is 19.0 Å². The van der Waals surface area contributed by atoms with Crippen LogP contribution in [-0.2, 0) is 17.4 Å². The number of pyridine rings is 1. The van der Waals surface area contributed by atoms with Crippen LogP contribution in [0.2, 0.25) is 0 Å². The molecule has 25 heavy (non-hydrogen) atoms. The first kappa shape index (κ1) is 17.7. The molecule has 0 radical (unpaired) electrons. The van der Waals surface area contributed by atoms with Crippen molar-refractivity contribution in [3.8, 4) is 0 Å². The van der Waals surface area contributed by atoms with Crippen LogP contribution >= 0.6 is 11.3 Å². The maximum Gasteiger partial charge on any atom is 0.417 e. The molecule has 3 rings (SSSR count). The summed E-state index contributed by atoms with van der Waals surface area (Å²) in [7, 11) is 0. The Balaban J connectivity index is 1.55. The average Bonchev–Trinajstić information content (AvgIpc) is 2.99. The Bertz CT molecular complexity index is 737. The lowest BCUT2D eigenvalue weighted by atomic mass is 10.2. The molecule has 3 heterocycles. The number of amides is 1. The van der Waals surface area contributed by atoms with Crippen molar-refractivity contribution in [3.63, 3.8) is 0 Å². The van der Waals surface area contributed by atoms with Crippen LogP contribution in [-0.4, -0.2) is 47.0 Å². The van der Waals surface area contributed by atoms with E-state index in [0.717, 1.165) is 23.0 Å². The van der Waals surface area contributed by atoms with Crippen molar-refractivity contribution >= 4 is 23.1 Å². The van der Waals surface area contributed by atoms with Crippen LogP contribution in [0.1, 0.15) is 16.3 Å². The van der Waals surface area contributed by atoms with Gasteiger partial charge in [0.15, 0.2) is 0 Å². The molecule has 5 nitrogen and oxygen atoms in total. The van der Waals surface area contributed by atoms with Crippen molar-refractivity contribution in [2.45, 2.75) is 19.5 Å². The van der Waals surface area contributed by atoms with Gasteiger partial charge in [-0.15, -0.1) is 11.3 Å². The maximum atomic E-state index is 12.6.